The predicted octanol–water partition coefficient (Wildman–Crippen LogP) is 1.83. The van der Waals surface area contributed by atoms with Crippen molar-refractivity contribution in [2.75, 3.05) is 0 Å². The van der Waals surface area contributed by atoms with Gasteiger partial charge in [0.15, 0.2) is 5.56 Å². The lowest BCUT2D eigenvalue weighted by Crippen LogP contribution is -2.23. The van der Waals surface area contributed by atoms with E-state index in [4.69, 9.17) is 9.52 Å². The van der Waals surface area contributed by atoms with Gasteiger partial charge < -0.3 is 25.1 Å². The first kappa shape index (κ1) is 15.2. The van der Waals surface area contributed by atoms with Crippen LogP contribution in [0.25, 0.3) is 17.4 Å². The number of rotatable bonds is 3. The second-order valence-electron chi connectivity index (χ2n) is 4.69. The Bertz CT molecular complexity index is 825. The zero-order valence-electron chi connectivity index (χ0n) is 11.5. The normalized spacial score (nSPS) is 19.1. The maximum absolute atomic E-state index is 11.5. The zero-order chi connectivity index (χ0) is 16.6. The van der Waals surface area contributed by atoms with Crippen LogP contribution in [0.15, 0.2) is 39.7 Å². The molecule has 23 heavy (non-hydrogen) atoms. The van der Waals surface area contributed by atoms with Crippen LogP contribution in [0.5, 0.6) is 5.75 Å². The van der Waals surface area contributed by atoms with Gasteiger partial charge in [0, 0.05) is 11.6 Å². The molecule has 1 aliphatic heterocycles. The minimum atomic E-state index is -1.24. The van der Waals surface area contributed by atoms with Gasteiger partial charge in [0.1, 0.15) is 22.8 Å². The summed E-state index contributed by atoms with van der Waals surface area (Å²) in [7, 11) is 0. The number of hydrogen-bond donors (Lipinski definition) is 4. The van der Waals surface area contributed by atoms with E-state index in [0.717, 1.165) is 11.8 Å². The fourth-order valence-electron chi connectivity index (χ4n) is 2.06. The second kappa shape index (κ2) is 5.82. The van der Waals surface area contributed by atoms with E-state index < -0.39 is 17.4 Å². The van der Waals surface area contributed by atoms with Crippen molar-refractivity contribution in [1.82, 2.24) is 5.32 Å². The Labute approximate surface area is 134 Å². The summed E-state index contributed by atoms with van der Waals surface area (Å²) < 4.78 is 5.56. The monoisotopic (exact) mass is 333 g/mol. The Balaban J connectivity index is 1.91. The minimum absolute atomic E-state index is 0.229. The van der Waals surface area contributed by atoms with Crippen molar-refractivity contribution in [3.63, 3.8) is 0 Å². The summed E-state index contributed by atoms with van der Waals surface area (Å²) in [6, 6.07) is 7.34. The third-order valence-corrected chi connectivity index (χ3v) is 4.03. The number of aromatic carboxylic acids is 1. The highest BCUT2D eigenvalue weighted by Crippen LogP contribution is 2.31. The predicted molar refractivity (Wildman–Crippen MR) is 82.5 cm³/mol. The molecule has 1 unspecified atom stereocenters. The van der Waals surface area contributed by atoms with Gasteiger partial charge in [0.25, 0.3) is 5.91 Å². The molecule has 2 heterocycles. The number of phenols is 1. The quantitative estimate of drug-likeness (QED) is 0.632. The number of carboxylic acid groups (broad SMARTS) is 1. The van der Waals surface area contributed by atoms with Crippen LogP contribution in [0, 0.1) is 0 Å². The Hall–Kier alpha value is -2.71. The van der Waals surface area contributed by atoms with Gasteiger partial charge in [-0.15, -0.1) is 0 Å². The molecule has 0 aliphatic carbocycles. The fourth-order valence-corrected chi connectivity index (χ4v) is 2.82. The third kappa shape index (κ3) is 3.08. The molecule has 7 nitrogen and oxygen atoms in total. The van der Waals surface area contributed by atoms with Crippen molar-refractivity contribution in [1.29, 1.82) is 0 Å². The van der Waals surface area contributed by atoms with Crippen molar-refractivity contribution in [2.24, 2.45) is 0 Å². The molecule has 0 radical (unpaired) electrons. The minimum Gasteiger partial charge on any atom is -0.507 e. The average molecular weight is 333 g/mol. The molecule has 3 rings (SSSR count). The highest BCUT2D eigenvalue weighted by atomic mass is 32.2. The molecule has 1 aliphatic rings. The highest BCUT2D eigenvalue weighted by Gasteiger charge is 2.25. The summed E-state index contributed by atoms with van der Waals surface area (Å²) in [4.78, 5) is 22.9. The van der Waals surface area contributed by atoms with Gasteiger partial charge in [0.05, 0.1) is 4.91 Å². The number of carboxylic acids is 1. The van der Waals surface area contributed by atoms with E-state index in [9.17, 15) is 19.8 Å². The van der Waals surface area contributed by atoms with Crippen LogP contribution in [0.4, 0.5) is 0 Å². The Morgan fingerprint density at radius 3 is 2.74 bits per heavy atom. The van der Waals surface area contributed by atoms with Crippen molar-refractivity contribution < 1.29 is 29.3 Å². The first-order valence-electron chi connectivity index (χ1n) is 6.48. The molecular formula is C15H11NO6S. The number of carbonyl (C=O) groups is 2. The number of benzene rings is 1. The van der Waals surface area contributed by atoms with Crippen molar-refractivity contribution in [2.45, 2.75) is 5.56 Å². The SMILES string of the molecule is O=C1NC(O)S/C1=C\c1ccc(-c2ccc(O)c(C(=O)O)c2)o1. The summed E-state index contributed by atoms with van der Waals surface area (Å²) in [5.74, 6) is -1.19. The van der Waals surface area contributed by atoms with Crippen molar-refractivity contribution in [3.8, 4) is 17.1 Å². The number of hydrogen-bond acceptors (Lipinski definition) is 6. The van der Waals surface area contributed by atoms with Crippen LogP contribution >= 0.6 is 11.8 Å². The third-order valence-electron chi connectivity index (χ3n) is 3.13. The van der Waals surface area contributed by atoms with E-state index in [1.165, 1.54) is 24.3 Å². The molecule has 4 N–H and O–H groups in total. The molecule has 2 aromatic rings. The molecule has 0 bridgehead atoms. The van der Waals surface area contributed by atoms with Gasteiger partial charge in [0.2, 0.25) is 0 Å². The van der Waals surface area contributed by atoms with Gasteiger partial charge >= 0.3 is 5.97 Å². The van der Waals surface area contributed by atoms with E-state index >= 15 is 0 Å². The van der Waals surface area contributed by atoms with E-state index in [1.807, 2.05) is 0 Å². The van der Waals surface area contributed by atoms with Crippen LogP contribution in [-0.4, -0.2) is 32.8 Å². The molecule has 1 amide bonds. The Morgan fingerprint density at radius 1 is 1.30 bits per heavy atom. The summed E-state index contributed by atoms with van der Waals surface area (Å²) in [5.41, 5.74) is -0.723. The van der Waals surface area contributed by atoms with Crippen LogP contribution < -0.4 is 5.32 Å². The second-order valence-corrected chi connectivity index (χ2v) is 5.81. The van der Waals surface area contributed by atoms with Gasteiger partial charge in [-0.25, -0.2) is 4.79 Å². The number of nitrogens with one attached hydrogen (secondary N) is 1. The summed E-state index contributed by atoms with van der Waals surface area (Å²) >= 11 is 0.967. The lowest BCUT2D eigenvalue weighted by molar-refractivity contribution is -0.117. The maximum Gasteiger partial charge on any atom is 0.339 e. The van der Waals surface area contributed by atoms with Crippen molar-refractivity contribution in [3.05, 3.63) is 46.6 Å². The van der Waals surface area contributed by atoms with Crippen LogP contribution in [0.2, 0.25) is 0 Å². The standard InChI is InChI=1S/C15H11NO6S/c17-10-3-1-7(5-9(10)14(19)20)11-4-2-8(22-11)6-12-13(18)16-15(21)23-12/h1-6,15,17,21H,(H,16,18)(H,19,20)/b12-6-. The molecule has 8 heteroatoms. The van der Waals surface area contributed by atoms with Crippen LogP contribution in [-0.2, 0) is 4.79 Å². The first-order valence-corrected chi connectivity index (χ1v) is 7.36. The summed E-state index contributed by atoms with van der Waals surface area (Å²) in [6.45, 7) is 0. The lowest BCUT2D eigenvalue weighted by Gasteiger charge is -2.02. The summed E-state index contributed by atoms with van der Waals surface area (Å²) in [5, 5.41) is 30.2. The molecular weight excluding hydrogens is 322 g/mol. The zero-order valence-corrected chi connectivity index (χ0v) is 12.3. The average Bonchev–Trinajstić information content (AvgIpc) is 3.06. The van der Waals surface area contributed by atoms with Gasteiger partial charge in [-0.1, -0.05) is 11.8 Å². The van der Waals surface area contributed by atoms with Gasteiger partial charge in [-0.3, -0.25) is 4.79 Å². The molecule has 0 saturated carbocycles. The molecule has 0 spiro atoms. The molecule has 1 aromatic carbocycles. The molecule has 118 valence electrons. The largest absolute Gasteiger partial charge is 0.507 e. The lowest BCUT2D eigenvalue weighted by atomic mass is 10.1. The molecule has 1 aromatic heterocycles. The number of aliphatic hydroxyl groups is 1. The number of thioether (sulfide) groups is 1. The maximum atomic E-state index is 11.5. The van der Waals surface area contributed by atoms with Crippen LogP contribution in [0.3, 0.4) is 0 Å². The number of amides is 1. The topological polar surface area (TPSA) is 120 Å². The molecule has 1 fully saturated rings. The number of furan rings is 1. The Morgan fingerprint density at radius 2 is 2.09 bits per heavy atom. The van der Waals surface area contributed by atoms with Gasteiger partial charge in [-0.2, -0.15) is 0 Å². The van der Waals surface area contributed by atoms with E-state index in [-0.39, 0.29) is 11.3 Å². The van der Waals surface area contributed by atoms with E-state index in [0.29, 0.717) is 22.0 Å². The fraction of sp³-hybridized carbons (Fsp3) is 0.0667. The van der Waals surface area contributed by atoms with E-state index in [2.05, 4.69) is 5.32 Å². The molecule has 1 atom stereocenters. The smallest absolute Gasteiger partial charge is 0.339 e. The van der Waals surface area contributed by atoms with Gasteiger partial charge in [-0.05, 0) is 30.3 Å². The Kier molecular flexibility index (Phi) is 3.85. The van der Waals surface area contributed by atoms with Crippen molar-refractivity contribution >= 4 is 29.7 Å². The number of aromatic hydroxyl groups is 1. The van der Waals surface area contributed by atoms with E-state index in [1.54, 1.807) is 12.1 Å². The van der Waals surface area contributed by atoms with Crippen LogP contribution in [0.1, 0.15) is 16.1 Å². The first-order chi connectivity index (χ1) is 10.9. The summed E-state index contributed by atoms with van der Waals surface area (Å²) in [6.07, 6.45) is 1.48. The number of aliphatic hydroxyl groups excluding tert-OH is 1. The highest BCUT2D eigenvalue weighted by molar-refractivity contribution is 8.05. The molecule has 1 saturated heterocycles. The number of carbonyl (C=O) groups excluding carboxylic acids is 1.